The molecule has 0 atom stereocenters. The monoisotopic (exact) mass is 314 g/mol. The molecule has 1 aromatic carbocycles. The average Bonchev–Trinajstić information content (AvgIpc) is 2.47. The van der Waals surface area contributed by atoms with Crippen molar-refractivity contribution in [2.24, 2.45) is 5.73 Å². The van der Waals surface area contributed by atoms with Crippen molar-refractivity contribution in [2.45, 2.75) is 13.8 Å². The third-order valence-corrected chi connectivity index (χ3v) is 2.84. The number of aromatic nitrogens is 2. The Labute approximate surface area is 133 Å². The Morgan fingerprint density at radius 1 is 1.26 bits per heavy atom. The number of rotatable bonds is 6. The fourth-order valence-electron chi connectivity index (χ4n) is 1.93. The topological polar surface area (TPSA) is 122 Å². The van der Waals surface area contributed by atoms with Gasteiger partial charge in [0.05, 0.1) is 5.56 Å². The highest BCUT2D eigenvalue weighted by Crippen LogP contribution is 2.20. The Morgan fingerprint density at radius 2 is 2.00 bits per heavy atom. The van der Waals surface area contributed by atoms with Crippen molar-refractivity contribution in [3.05, 3.63) is 36.0 Å². The van der Waals surface area contributed by atoms with Crippen molar-refractivity contribution >= 4 is 35.0 Å². The lowest BCUT2D eigenvalue weighted by atomic mass is 10.2. The molecule has 0 saturated carbocycles. The largest absolute Gasteiger partial charge is 0.370 e. The Kier molecular flexibility index (Phi) is 5.08. The second-order valence-electron chi connectivity index (χ2n) is 4.74. The van der Waals surface area contributed by atoms with Crippen LogP contribution in [0.5, 0.6) is 0 Å². The molecule has 23 heavy (non-hydrogen) atoms. The molecule has 1 heterocycles. The van der Waals surface area contributed by atoms with E-state index in [2.05, 4.69) is 25.9 Å². The van der Waals surface area contributed by atoms with Gasteiger partial charge in [-0.3, -0.25) is 9.59 Å². The summed E-state index contributed by atoms with van der Waals surface area (Å²) in [4.78, 5) is 30.8. The lowest BCUT2D eigenvalue weighted by molar-refractivity contribution is -0.114. The van der Waals surface area contributed by atoms with E-state index in [-0.39, 0.29) is 11.5 Å². The summed E-state index contributed by atoms with van der Waals surface area (Å²) >= 11 is 0. The summed E-state index contributed by atoms with van der Waals surface area (Å²) in [5, 5.41) is 8.68. The molecule has 0 unspecified atom stereocenters. The molecular formula is C15H18N6O2. The number of amides is 2. The number of nitrogens with one attached hydrogen (secondary N) is 3. The van der Waals surface area contributed by atoms with Crippen LogP contribution >= 0.6 is 0 Å². The number of anilines is 4. The van der Waals surface area contributed by atoms with Crippen LogP contribution in [0.2, 0.25) is 0 Å². The highest BCUT2D eigenvalue weighted by molar-refractivity contribution is 5.97. The van der Waals surface area contributed by atoms with Crippen LogP contribution in [-0.2, 0) is 4.79 Å². The zero-order valence-corrected chi connectivity index (χ0v) is 12.9. The number of carbonyl (C=O) groups excluding carboxylic acids is 2. The molecule has 0 aliphatic rings. The molecule has 0 aliphatic heterocycles. The fraction of sp³-hybridized carbons (Fsp3) is 0.200. The maximum absolute atomic E-state index is 11.4. The van der Waals surface area contributed by atoms with Gasteiger partial charge in [-0.1, -0.05) is 6.07 Å². The third-order valence-electron chi connectivity index (χ3n) is 2.84. The summed E-state index contributed by atoms with van der Waals surface area (Å²) in [6.07, 6.45) is 1.37. The number of nitrogens with two attached hydrogens (primary N) is 1. The minimum Gasteiger partial charge on any atom is -0.370 e. The lowest BCUT2D eigenvalue weighted by Gasteiger charge is -2.11. The van der Waals surface area contributed by atoms with Gasteiger partial charge in [0.1, 0.15) is 5.82 Å². The summed E-state index contributed by atoms with van der Waals surface area (Å²) in [6, 6.07) is 7.12. The van der Waals surface area contributed by atoms with Gasteiger partial charge < -0.3 is 21.7 Å². The van der Waals surface area contributed by atoms with E-state index in [1.807, 2.05) is 13.0 Å². The first-order valence-electron chi connectivity index (χ1n) is 7.05. The molecule has 0 radical (unpaired) electrons. The fourth-order valence-corrected chi connectivity index (χ4v) is 1.93. The minimum atomic E-state index is -0.597. The van der Waals surface area contributed by atoms with Crippen molar-refractivity contribution in [1.82, 2.24) is 9.97 Å². The Morgan fingerprint density at radius 3 is 2.65 bits per heavy atom. The van der Waals surface area contributed by atoms with Gasteiger partial charge in [0.15, 0.2) is 0 Å². The van der Waals surface area contributed by atoms with E-state index < -0.39 is 5.91 Å². The highest BCUT2D eigenvalue weighted by atomic mass is 16.1. The van der Waals surface area contributed by atoms with Gasteiger partial charge >= 0.3 is 0 Å². The second kappa shape index (κ2) is 7.21. The normalized spacial score (nSPS) is 10.0. The average molecular weight is 314 g/mol. The van der Waals surface area contributed by atoms with Crippen molar-refractivity contribution in [3.8, 4) is 0 Å². The van der Waals surface area contributed by atoms with Crippen molar-refractivity contribution in [3.63, 3.8) is 0 Å². The number of carbonyl (C=O) groups is 2. The van der Waals surface area contributed by atoms with Crippen LogP contribution < -0.4 is 21.7 Å². The van der Waals surface area contributed by atoms with Gasteiger partial charge in [0.25, 0.3) is 5.91 Å². The van der Waals surface area contributed by atoms with Crippen molar-refractivity contribution in [2.75, 3.05) is 22.5 Å². The van der Waals surface area contributed by atoms with Gasteiger partial charge in [0, 0.05) is 31.0 Å². The standard InChI is InChI=1S/C15H18N6O2/c1-3-17-14-12(13(16)23)8-18-15(21-14)20-11-6-4-5-10(7-11)19-9(2)22/h4-8H,3H2,1-2H3,(H2,16,23)(H,19,22)(H2,17,18,20,21). The summed E-state index contributed by atoms with van der Waals surface area (Å²) in [6.45, 7) is 3.92. The predicted molar refractivity (Wildman–Crippen MR) is 88.7 cm³/mol. The summed E-state index contributed by atoms with van der Waals surface area (Å²) < 4.78 is 0. The first-order chi connectivity index (χ1) is 11.0. The molecule has 2 rings (SSSR count). The van der Waals surface area contributed by atoms with E-state index in [0.29, 0.717) is 29.7 Å². The molecule has 0 spiro atoms. The first kappa shape index (κ1) is 16.2. The van der Waals surface area contributed by atoms with Crippen LogP contribution in [0.15, 0.2) is 30.5 Å². The zero-order valence-electron chi connectivity index (χ0n) is 12.9. The van der Waals surface area contributed by atoms with E-state index in [9.17, 15) is 9.59 Å². The molecule has 2 aromatic rings. The van der Waals surface area contributed by atoms with E-state index in [1.54, 1.807) is 18.2 Å². The second-order valence-corrected chi connectivity index (χ2v) is 4.74. The summed E-state index contributed by atoms with van der Waals surface area (Å²) in [5.74, 6) is -0.0692. The van der Waals surface area contributed by atoms with Crippen LogP contribution in [0.1, 0.15) is 24.2 Å². The van der Waals surface area contributed by atoms with Gasteiger partial charge in [-0.25, -0.2) is 4.98 Å². The van der Waals surface area contributed by atoms with Crippen LogP contribution in [0.4, 0.5) is 23.1 Å². The Bertz CT molecular complexity index is 732. The molecule has 0 aliphatic carbocycles. The molecule has 120 valence electrons. The van der Waals surface area contributed by atoms with Gasteiger partial charge in [-0.15, -0.1) is 0 Å². The molecule has 8 heteroatoms. The molecule has 8 nitrogen and oxygen atoms in total. The van der Waals surface area contributed by atoms with Crippen LogP contribution in [0.3, 0.4) is 0 Å². The molecular weight excluding hydrogens is 296 g/mol. The molecule has 0 bridgehead atoms. The minimum absolute atomic E-state index is 0.154. The van der Waals surface area contributed by atoms with Gasteiger partial charge in [-0.05, 0) is 25.1 Å². The molecule has 5 N–H and O–H groups in total. The predicted octanol–water partition coefficient (Wildman–Crippen LogP) is 1.71. The maximum Gasteiger partial charge on any atom is 0.254 e. The molecule has 2 amide bonds. The van der Waals surface area contributed by atoms with Crippen molar-refractivity contribution < 1.29 is 9.59 Å². The summed E-state index contributed by atoms with van der Waals surface area (Å²) in [5.41, 5.74) is 6.88. The third kappa shape index (κ3) is 4.40. The van der Waals surface area contributed by atoms with E-state index in [4.69, 9.17) is 5.73 Å². The maximum atomic E-state index is 11.4. The van der Waals surface area contributed by atoms with E-state index in [1.165, 1.54) is 13.1 Å². The van der Waals surface area contributed by atoms with E-state index in [0.717, 1.165) is 0 Å². The smallest absolute Gasteiger partial charge is 0.254 e. The summed E-state index contributed by atoms with van der Waals surface area (Å²) in [7, 11) is 0. The number of benzene rings is 1. The van der Waals surface area contributed by atoms with E-state index >= 15 is 0 Å². The zero-order chi connectivity index (χ0) is 16.8. The quantitative estimate of drug-likeness (QED) is 0.644. The number of primary amides is 1. The van der Waals surface area contributed by atoms with Gasteiger partial charge in [0.2, 0.25) is 11.9 Å². The number of hydrogen-bond donors (Lipinski definition) is 4. The lowest BCUT2D eigenvalue weighted by Crippen LogP contribution is -2.16. The highest BCUT2D eigenvalue weighted by Gasteiger charge is 2.11. The molecule has 0 saturated heterocycles. The first-order valence-corrected chi connectivity index (χ1v) is 7.05. The van der Waals surface area contributed by atoms with Crippen molar-refractivity contribution in [1.29, 1.82) is 0 Å². The Hall–Kier alpha value is -3.16. The number of nitrogens with zero attached hydrogens (tertiary/aromatic N) is 2. The SMILES string of the molecule is CCNc1nc(Nc2cccc(NC(C)=O)c2)ncc1C(N)=O. The number of hydrogen-bond acceptors (Lipinski definition) is 6. The molecule has 0 fully saturated rings. The van der Waals surface area contributed by atoms with Crippen LogP contribution in [0.25, 0.3) is 0 Å². The van der Waals surface area contributed by atoms with Crippen LogP contribution in [-0.4, -0.2) is 28.3 Å². The molecule has 1 aromatic heterocycles. The Balaban J connectivity index is 2.24. The van der Waals surface area contributed by atoms with Crippen LogP contribution in [0, 0.1) is 0 Å². The van der Waals surface area contributed by atoms with Gasteiger partial charge in [-0.2, -0.15) is 4.98 Å².